The van der Waals surface area contributed by atoms with Crippen molar-refractivity contribution in [2.24, 2.45) is 0 Å². The normalized spacial score (nSPS) is 11.7. The summed E-state index contributed by atoms with van der Waals surface area (Å²) in [5, 5.41) is 10.4. The Morgan fingerprint density at radius 1 is 0.204 bits per heavy atom. The highest BCUT2D eigenvalue weighted by atomic mass is 14.3. The van der Waals surface area contributed by atoms with E-state index in [1.165, 1.54) is 132 Å². The highest BCUT2D eigenvalue weighted by Gasteiger charge is 2.26. The molecule has 0 fully saturated rings. The van der Waals surface area contributed by atoms with Crippen LogP contribution in [0.15, 0.2) is 133 Å². The van der Waals surface area contributed by atoms with Gasteiger partial charge >= 0.3 is 0 Å². The predicted molar refractivity (Wildman–Crippen MR) is 236 cm³/mol. The molecule has 0 nitrogen and oxygen atoms in total. The van der Waals surface area contributed by atoms with Crippen molar-refractivity contribution in [3.63, 3.8) is 0 Å². The Balaban J connectivity index is 1.35. The molecule has 0 spiro atoms. The topological polar surface area (TPSA) is 0 Å². The molecule has 0 saturated carbocycles. The standard InChI is InChI=1S/C54H46/c1-31-35(5)51(36(6)32(2)49(31)43-29-17-21-39-19-9-11-23-41(39)43)53-45-25-13-15-27-47(45)54(48-28-16-14-26-46(48)53)52-37(7)33(3)50(34(4)38(52)8)44-30-18-22-40-20-10-12-24-42(40)44/h9-30H,1-8H3. The number of fused-ring (bicyclic) bond motifs is 4. The second-order valence-electron chi connectivity index (χ2n) is 15.4. The first-order chi connectivity index (χ1) is 26.2. The van der Waals surface area contributed by atoms with Gasteiger partial charge in [0.1, 0.15) is 0 Å². The predicted octanol–water partition coefficient (Wildman–Crippen LogP) is 15.4. The SMILES string of the molecule is Cc1c(C)c(-c2c3ccccc3c(-c3c(C)c(C)c(-c4cccc5ccccc45)c(C)c3C)c3ccccc23)c(C)c(C)c1-c1cccc2ccccc12. The van der Waals surface area contributed by atoms with E-state index in [2.05, 4.69) is 189 Å². The van der Waals surface area contributed by atoms with Gasteiger partial charge in [-0.25, -0.2) is 0 Å². The van der Waals surface area contributed by atoms with Crippen LogP contribution >= 0.6 is 0 Å². The highest BCUT2D eigenvalue weighted by Crippen LogP contribution is 2.51. The summed E-state index contributed by atoms with van der Waals surface area (Å²) in [6.07, 6.45) is 0. The van der Waals surface area contributed by atoms with Crippen molar-refractivity contribution < 1.29 is 0 Å². The highest BCUT2D eigenvalue weighted by molar-refractivity contribution is 6.23. The van der Waals surface area contributed by atoms with Gasteiger partial charge in [0.05, 0.1) is 0 Å². The maximum atomic E-state index is 2.36. The van der Waals surface area contributed by atoms with Gasteiger partial charge in [-0.3, -0.25) is 0 Å². The molecule has 0 aliphatic heterocycles. The van der Waals surface area contributed by atoms with Crippen LogP contribution in [0.4, 0.5) is 0 Å². The number of rotatable bonds is 4. The quantitative estimate of drug-likeness (QED) is 0.161. The van der Waals surface area contributed by atoms with Gasteiger partial charge in [-0.2, -0.15) is 0 Å². The lowest BCUT2D eigenvalue weighted by Crippen LogP contribution is -2.03. The van der Waals surface area contributed by atoms with Crippen LogP contribution in [-0.2, 0) is 0 Å². The molecule has 0 heteroatoms. The van der Waals surface area contributed by atoms with E-state index in [4.69, 9.17) is 0 Å². The minimum absolute atomic E-state index is 1.28. The van der Waals surface area contributed by atoms with Gasteiger partial charge in [-0.1, -0.05) is 133 Å². The Labute approximate surface area is 319 Å². The first kappa shape index (κ1) is 33.8. The van der Waals surface area contributed by atoms with E-state index >= 15 is 0 Å². The lowest BCUT2D eigenvalue weighted by atomic mass is 9.77. The van der Waals surface area contributed by atoms with Gasteiger partial charge < -0.3 is 0 Å². The zero-order chi connectivity index (χ0) is 37.4. The molecule has 9 rings (SSSR count). The molecular weight excluding hydrogens is 649 g/mol. The van der Waals surface area contributed by atoms with Gasteiger partial charge in [0, 0.05) is 0 Å². The first-order valence-electron chi connectivity index (χ1n) is 19.3. The Morgan fingerprint density at radius 2 is 0.444 bits per heavy atom. The number of hydrogen-bond acceptors (Lipinski definition) is 0. The van der Waals surface area contributed by atoms with Gasteiger partial charge in [0.2, 0.25) is 0 Å². The molecule has 0 bridgehead atoms. The van der Waals surface area contributed by atoms with Crippen LogP contribution < -0.4 is 0 Å². The summed E-state index contributed by atoms with van der Waals surface area (Å²) in [6, 6.07) is 49.4. The van der Waals surface area contributed by atoms with Crippen LogP contribution in [-0.4, -0.2) is 0 Å². The van der Waals surface area contributed by atoms with Crippen LogP contribution in [0.5, 0.6) is 0 Å². The lowest BCUT2D eigenvalue weighted by Gasteiger charge is -2.27. The summed E-state index contributed by atoms with van der Waals surface area (Å²) in [4.78, 5) is 0. The monoisotopic (exact) mass is 694 g/mol. The van der Waals surface area contributed by atoms with E-state index in [0.717, 1.165) is 0 Å². The Bertz CT molecular complexity index is 2680. The third-order valence-electron chi connectivity index (χ3n) is 12.8. The fourth-order valence-electron chi connectivity index (χ4n) is 9.74. The average molecular weight is 695 g/mol. The van der Waals surface area contributed by atoms with Gasteiger partial charge in [-0.05, 0) is 187 Å². The van der Waals surface area contributed by atoms with E-state index in [1.807, 2.05) is 0 Å². The minimum atomic E-state index is 1.28. The Morgan fingerprint density at radius 3 is 0.759 bits per heavy atom. The van der Waals surface area contributed by atoms with Crippen molar-refractivity contribution in [1.29, 1.82) is 0 Å². The molecule has 54 heavy (non-hydrogen) atoms. The fourth-order valence-corrected chi connectivity index (χ4v) is 9.74. The summed E-state index contributed by atoms with van der Waals surface area (Å²) in [5.74, 6) is 0. The molecule has 0 radical (unpaired) electrons. The van der Waals surface area contributed by atoms with Crippen LogP contribution in [0.3, 0.4) is 0 Å². The van der Waals surface area contributed by atoms with E-state index in [0.29, 0.717) is 0 Å². The summed E-state index contributed by atoms with van der Waals surface area (Å²) >= 11 is 0. The van der Waals surface area contributed by atoms with Crippen LogP contribution in [0.1, 0.15) is 44.5 Å². The van der Waals surface area contributed by atoms with Crippen molar-refractivity contribution in [3.05, 3.63) is 178 Å². The Hall–Kier alpha value is -5.98. The molecule has 0 saturated heterocycles. The minimum Gasteiger partial charge on any atom is -0.0616 e. The van der Waals surface area contributed by atoms with Gasteiger partial charge in [0.25, 0.3) is 0 Å². The van der Waals surface area contributed by atoms with Crippen LogP contribution in [0.25, 0.3) is 87.6 Å². The van der Waals surface area contributed by atoms with Crippen LogP contribution in [0, 0.1) is 55.4 Å². The summed E-state index contributed by atoms with van der Waals surface area (Å²) in [6.45, 7) is 18.7. The zero-order valence-electron chi connectivity index (χ0n) is 32.7. The molecule has 0 amide bonds. The van der Waals surface area contributed by atoms with E-state index < -0.39 is 0 Å². The second kappa shape index (κ2) is 12.9. The molecule has 0 atom stereocenters. The smallest absolute Gasteiger partial charge is 0.00208 e. The fraction of sp³-hybridized carbons (Fsp3) is 0.148. The van der Waals surface area contributed by atoms with Crippen molar-refractivity contribution in [2.45, 2.75) is 55.4 Å². The maximum absolute atomic E-state index is 2.36. The summed E-state index contributed by atoms with van der Waals surface area (Å²) < 4.78 is 0. The van der Waals surface area contributed by atoms with Crippen molar-refractivity contribution in [2.75, 3.05) is 0 Å². The second-order valence-corrected chi connectivity index (χ2v) is 15.4. The van der Waals surface area contributed by atoms with Crippen LogP contribution in [0.2, 0.25) is 0 Å². The molecular formula is C54H46. The molecule has 262 valence electrons. The third kappa shape index (κ3) is 4.90. The lowest BCUT2D eigenvalue weighted by molar-refractivity contribution is 1.25. The molecule has 0 aliphatic rings. The van der Waals surface area contributed by atoms with Crippen molar-refractivity contribution in [1.82, 2.24) is 0 Å². The zero-order valence-corrected chi connectivity index (χ0v) is 32.7. The molecule has 0 aliphatic carbocycles. The molecule has 9 aromatic carbocycles. The summed E-state index contributed by atoms with van der Waals surface area (Å²) in [5.41, 5.74) is 21.6. The van der Waals surface area contributed by atoms with Gasteiger partial charge in [0.15, 0.2) is 0 Å². The van der Waals surface area contributed by atoms with Crippen molar-refractivity contribution in [3.8, 4) is 44.5 Å². The van der Waals surface area contributed by atoms with Gasteiger partial charge in [-0.15, -0.1) is 0 Å². The van der Waals surface area contributed by atoms with E-state index in [1.54, 1.807) is 0 Å². The Kier molecular flexibility index (Phi) is 8.05. The van der Waals surface area contributed by atoms with E-state index in [9.17, 15) is 0 Å². The molecule has 0 aromatic heterocycles. The average Bonchev–Trinajstić information content (AvgIpc) is 3.20. The maximum Gasteiger partial charge on any atom is -0.00208 e. The summed E-state index contributed by atoms with van der Waals surface area (Å²) in [7, 11) is 0. The molecule has 0 unspecified atom stereocenters. The number of hydrogen-bond donors (Lipinski definition) is 0. The molecule has 0 heterocycles. The van der Waals surface area contributed by atoms with E-state index in [-0.39, 0.29) is 0 Å². The third-order valence-corrected chi connectivity index (χ3v) is 12.8. The molecule has 0 N–H and O–H groups in total. The first-order valence-corrected chi connectivity index (χ1v) is 19.3. The molecule has 9 aromatic rings. The number of benzene rings is 9. The largest absolute Gasteiger partial charge is 0.0616 e. The van der Waals surface area contributed by atoms with Crippen molar-refractivity contribution >= 4 is 43.1 Å².